The Bertz CT molecular complexity index is 822. The topological polar surface area (TPSA) is 49.4 Å². The predicted octanol–water partition coefficient (Wildman–Crippen LogP) is 4.91. The quantitative estimate of drug-likeness (QED) is 0.561. The van der Waals surface area contributed by atoms with Crippen molar-refractivity contribution in [3.05, 3.63) is 70.2 Å². The second kappa shape index (κ2) is 11.6. The first-order chi connectivity index (χ1) is 14.0. The van der Waals surface area contributed by atoms with Crippen LogP contribution in [0.15, 0.2) is 48.5 Å². The molecule has 0 aliphatic rings. The average Bonchev–Trinajstić information content (AvgIpc) is 2.69. The molecule has 0 aromatic heterocycles. The molecular formula is C24H31ClN2O2. The summed E-state index contributed by atoms with van der Waals surface area (Å²) >= 11 is 6.08. The first-order valence-electron chi connectivity index (χ1n) is 10.3. The van der Waals surface area contributed by atoms with Gasteiger partial charge < -0.3 is 10.2 Å². The van der Waals surface area contributed by atoms with Crippen LogP contribution >= 0.6 is 11.6 Å². The van der Waals surface area contributed by atoms with Crippen molar-refractivity contribution in [3.8, 4) is 0 Å². The van der Waals surface area contributed by atoms with E-state index < -0.39 is 6.04 Å². The van der Waals surface area contributed by atoms with Crippen LogP contribution < -0.4 is 5.32 Å². The Morgan fingerprint density at radius 2 is 1.86 bits per heavy atom. The number of hydrogen-bond acceptors (Lipinski definition) is 2. The van der Waals surface area contributed by atoms with Gasteiger partial charge in [-0.1, -0.05) is 68.3 Å². The molecular weight excluding hydrogens is 384 g/mol. The van der Waals surface area contributed by atoms with E-state index in [1.807, 2.05) is 50.2 Å². The Labute approximate surface area is 179 Å². The minimum atomic E-state index is -0.502. The van der Waals surface area contributed by atoms with E-state index in [9.17, 15) is 9.59 Å². The normalized spacial score (nSPS) is 11.7. The lowest BCUT2D eigenvalue weighted by molar-refractivity contribution is -0.140. The molecule has 0 radical (unpaired) electrons. The second-order valence-corrected chi connectivity index (χ2v) is 7.76. The van der Waals surface area contributed by atoms with Crippen LogP contribution in [0.5, 0.6) is 0 Å². The molecule has 2 aromatic rings. The van der Waals surface area contributed by atoms with Crippen LogP contribution in [0.3, 0.4) is 0 Å². The molecule has 156 valence electrons. The molecule has 0 saturated carbocycles. The predicted molar refractivity (Wildman–Crippen MR) is 119 cm³/mol. The van der Waals surface area contributed by atoms with Crippen molar-refractivity contribution < 1.29 is 9.59 Å². The van der Waals surface area contributed by atoms with Crippen LogP contribution in [0.4, 0.5) is 0 Å². The van der Waals surface area contributed by atoms with Crippen LogP contribution in [-0.4, -0.2) is 29.3 Å². The molecule has 0 spiro atoms. The van der Waals surface area contributed by atoms with Crippen molar-refractivity contribution >= 4 is 23.4 Å². The minimum absolute atomic E-state index is 0.0759. The number of nitrogens with zero attached hydrogens (tertiary/aromatic N) is 1. The van der Waals surface area contributed by atoms with Crippen LogP contribution in [0.2, 0.25) is 5.02 Å². The maximum atomic E-state index is 13.3. The summed E-state index contributed by atoms with van der Waals surface area (Å²) in [6, 6.07) is 14.8. The van der Waals surface area contributed by atoms with Gasteiger partial charge >= 0.3 is 0 Å². The van der Waals surface area contributed by atoms with Gasteiger partial charge in [-0.05, 0) is 48.6 Å². The Morgan fingerprint density at radius 3 is 2.52 bits per heavy atom. The Morgan fingerprint density at radius 1 is 1.10 bits per heavy atom. The van der Waals surface area contributed by atoms with Crippen molar-refractivity contribution in [2.45, 2.75) is 59.0 Å². The van der Waals surface area contributed by atoms with E-state index in [4.69, 9.17) is 11.6 Å². The van der Waals surface area contributed by atoms with E-state index in [2.05, 4.69) is 12.2 Å². The van der Waals surface area contributed by atoms with Crippen LogP contribution in [0, 0.1) is 6.92 Å². The zero-order chi connectivity index (χ0) is 21.2. The molecule has 0 fully saturated rings. The molecule has 0 saturated heterocycles. The molecule has 2 aromatic carbocycles. The molecule has 1 N–H and O–H groups in total. The van der Waals surface area contributed by atoms with Crippen molar-refractivity contribution in [1.29, 1.82) is 0 Å². The summed E-state index contributed by atoms with van der Waals surface area (Å²) in [5.74, 6) is -0.165. The van der Waals surface area contributed by atoms with Gasteiger partial charge in [-0.2, -0.15) is 0 Å². The van der Waals surface area contributed by atoms with E-state index in [-0.39, 0.29) is 18.2 Å². The van der Waals surface area contributed by atoms with Gasteiger partial charge in [0.05, 0.1) is 6.42 Å². The second-order valence-electron chi connectivity index (χ2n) is 7.32. The van der Waals surface area contributed by atoms with E-state index in [1.165, 1.54) is 0 Å². The SMILES string of the molecule is CCCCNC(=O)[C@@H](CC)N(Cc1ccccc1C)C(=O)Cc1cccc(Cl)c1. The summed E-state index contributed by atoms with van der Waals surface area (Å²) in [5, 5.41) is 3.59. The van der Waals surface area contributed by atoms with Crippen molar-refractivity contribution in [1.82, 2.24) is 10.2 Å². The van der Waals surface area contributed by atoms with E-state index in [1.54, 1.807) is 17.0 Å². The number of aryl methyl sites for hydroxylation is 1. The summed E-state index contributed by atoms with van der Waals surface area (Å²) in [5.41, 5.74) is 3.00. The van der Waals surface area contributed by atoms with E-state index in [0.717, 1.165) is 29.5 Å². The lowest BCUT2D eigenvalue weighted by Crippen LogP contribution is -2.49. The van der Waals surface area contributed by atoms with Gasteiger partial charge in [0.15, 0.2) is 0 Å². The molecule has 2 rings (SSSR count). The molecule has 0 heterocycles. The molecule has 29 heavy (non-hydrogen) atoms. The number of hydrogen-bond donors (Lipinski definition) is 1. The Hall–Kier alpha value is -2.33. The van der Waals surface area contributed by atoms with Crippen LogP contribution in [0.25, 0.3) is 0 Å². The highest BCUT2D eigenvalue weighted by molar-refractivity contribution is 6.30. The highest BCUT2D eigenvalue weighted by atomic mass is 35.5. The molecule has 0 aliphatic heterocycles. The number of unbranched alkanes of at least 4 members (excludes halogenated alkanes) is 1. The van der Waals surface area contributed by atoms with Crippen LogP contribution in [0.1, 0.15) is 49.8 Å². The van der Waals surface area contributed by atoms with Crippen molar-refractivity contribution in [2.75, 3.05) is 6.54 Å². The molecule has 2 amide bonds. The number of benzene rings is 2. The molecule has 5 heteroatoms. The van der Waals surface area contributed by atoms with Gasteiger partial charge in [0.2, 0.25) is 11.8 Å². The third-order valence-corrected chi connectivity index (χ3v) is 5.30. The smallest absolute Gasteiger partial charge is 0.242 e. The third kappa shape index (κ3) is 6.90. The highest BCUT2D eigenvalue weighted by Gasteiger charge is 2.28. The number of carbonyl (C=O) groups excluding carboxylic acids is 2. The van der Waals surface area contributed by atoms with Gasteiger partial charge in [-0.15, -0.1) is 0 Å². The van der Waals surface area contributed by atoms with Crippen LogP contribution in [-0.2, 0) is 22.6 Å². The van der Waals surface area contributed by atoms with Crippen molar-refractivity contribution in [2.24, 2.45) is 0 Å². The fourth-order valence-corrected chi connectivity index (χ4v) is 3.53. The third-order valence-electron chi connectivity index (χ3n) is 5.06. The molecule has 0 unspecified atom stereocenters. The monoisotopic (exact) mass is 414 g/mol. The number of halogens is 1. The summed E-state index contributed by atoms with van der Waals surface area (Å²) < 4.78 is 0. The molecule has 0 bridgehead atoms. The van der Waals surface area contributed by atoms with Gasteiger partial charge in [-0.3, -0.25) is 9.59 Å². The Balaban J connectivity index is 2.26. The van der Waals surface area contributed by atoms with Gasteiger partial charge in [0.25, 0.3) is 0 Å². The first-order valence-corrected chi connectivity index (χ1v) is 10.7. The lowest BCUT2D eigenvalue weighted by atomic mass is 10.0. The largest absolute Gasteiger partial charge is 0.354 e. The zero-order valence-electron chi connectivity index (χ0n) is 17.6. The lowest BCUT2D eigenvalue weighted by Gasteiger charge is -2.31. The fourth-order valence-electron chi connectivity index (χ4n) is 3.32. The molecule has 4 nitrogen and oxygen atoms in total. The summed E-state index contributed by atoms with van der Waals surface area (Å²) in [7, 11) is 0. The molecule has 0 aliphatic carbocycles. The van der Waals surface area contributed by atoms with Gasteiger partial charge in [0.1, 0.15) is 6.04 Å². The molecule has 1 atom stereocenters. The van der Waals surface area contributed by atoms with Crippen molar-refractivity contribution in [3.63, 3.8) is 0 Å². The maximum absolute atomic E-state index is 13.3. The summed E-state index contributed by atoms with van der Waals surface area (Å²) in [6.45, 7) is 7.10. The van der Waals surface area contributed by atoms with Gasteiger partial charge in [0, 0.05) is 18.1 Å². The summed E-state index contributed by atoms with van der Waals surface area (Å²) in [6.07, 6.45) is 2.71. The zero-order valence-corrected chi connectivity index (χ0v) is 18.3. The summed E-state index contributed by atoms with van der Waals surface area (Å²) in [4.78, 5) is 27.8. The van der Waals surface area contributed by atoms with E-state index >= 15 is 0 Å². The Kier molecular flexibility index (Phi) is 9.20. The number of rotatable bonds is 10. The average molecular weight is 415 g/mol. The first kappa shape index (κ1) is 23.0. The highest BCUT2D eigenvalue weighted by Crippen LogP contribution is 2.18. The minimum Gasteiger partial charge on any atom is -0.354 e. The fraction of sp³-hybridized carbons (Fsp3) is 0.417. The number of carbonyl (C=O) groups is 2. The standard InChI is InChI=1S/C24H31ClN2O2/c1-4-6-14-26-24(29)22(5-2)27(17-20-12-8-7-10-18(20)3)23(28)16-19-11-9-13-21(25)15-19/h7-13,15,22H,4-6,14,16-17H2,1-3H3,(H,26,29)/t22-/m1/s1. The number of nitrogens with one attached hydrogen (secondary N) is 1. The number of amides is 2. The maximum Gasteiger partial charge on any atom is 0.242 e. The van der Waals surface area contributed by atoms with Gasteiger partial charge in [-0.25, -0.2) is 0 Å². The van der Waals surface area contributed by atoms with E-state index in [0.29, 0.717) is 24.5 Å².